The molecular weight excluding hydrogens is 292 g/mol. The Morgan fingerprint density at radius 3 is 2.76 bits per heavy atom. The minimum Gasteiger partial charge on any atom is -0.321 e. The summed E-state index contributed by atoms with van der Waals surface area (Å²) in [5, 5.41) is 6.61. The molecule has 1 aromatic rings. The molecule has 1 N–H and O–H groups in total. The first-order valence-electron chi connectivity index (χ1n) is 6.71. The van der Waals surface area contributed by atoms with Gasteiger partial charge in [0, 0.05) is 12.0 Å². The van der Waals surface area contributed by atoms with Crippen molar-refractivity contribution in [3.8, 4) is 12.3 Å². The molecule has 1 aliphatic rings. The second-order valence-corrected chi connectivity index (χ2v) is 7.62. The molecule has 0 bridgehead atoms. The highest BCUT2D eigenvalue weighted by molar-refractivity contribution is 7.91. The topological polar surface area (TPSA) is 96.0 Å². The maximum atomic E-state index is 12.5. The number of nitrogens with one attached hydrogen (secondary N) is 1. The number of nitrogens with zero attached hydrogens (tertiary/aromatic N) is 3. The van der Waals surface area contributed by atoms with Gasteiger partial charge in [0.05, 0.1) is 18.1 Å². The molecule has 0 spiro atoms. The highest BCUT2D eigenvalue weighted by atomic mass is 32.2. The Labute approximate surface area is 124 Å². The number of aromatic amines is 1. The van der Waals surface area contributed by atoms with Gasteiger partial charge in [-0.05, 0) is 6.42 Å². The van der Waals surface area contributed by atoms with E-state index in [-0.39, 0.29) is 29.8 Å². The molecule has 0 aliphatic carbocycles. The maximum absolute atomic E-state index is 12.5. The molecule has 1 atom stereocenters. The fourth-order valence-electron chi connectivity index (χ4n) is 2.24. The number of carbonyl (C=O) groups excluding carboxylic acids is 1. The fourth-order valence-corrected chi connectivity index (χ4v) is 3.97. The van der Waals surface area contributed by atoms with E-state index in [0.29, 0.717) is 12.2 Å². The van der Waals surface area contributed by atoms with Crippen LogP contribution >= 0.6 is 0 Å². The van der Waals surface area contributed by atoms with Crippen LogP contribution in [0.3, 0.4) is 0 Å². The number of sulfone groups is 1. The van der Waals surface area contributed by atoms with Crippen molar-refractivity contribution >= 4 is 15.7 Å². The molecule has 1 aromatic heterocycles. The van der Waals surface area contributed by atoms with E-state index >= 15 is 0 Å². The second-order valence-electron chi connectivity index (χ2n) is 5.39. The fraction of sp³-hybridized carbons (Fsp3) is 0.615. The van der Waals surface area contributed by atoms with Gasteiger partial charge in [0.1, 0.15) is 5.82 Å². The summed E-state index contributed by atoms with van der Waals surface area (Å²) in [5.74, 6) is 2.74. The lowest BCUT2D eigenvalue weighted by atomic mass is 10.2. The molecule has 1 unspecified atom stereocenters. The third-order valence-electron chi connectivity index (χ3n) is 3.41. The van der Waals surface area contributed by atoms with Gasteiger partial charge in [-0.15, -0.1) is 11.5 Å². The van der Waals surface area contributed by atoms with Gasteiger partial charge in [-0.2, -0.15) is 0 Å². The first-order chi connectivity index (χ1) is 9.84. The summed E-state index contributed by atoms with van der Waals surface area (Å²) < 4.78 is 23.2. The number of amides is 1. The average Bonchev–Trinajstić information content (AvgIpc) is 3.01. The van der Waals surface area contributed by atoms with Crippen LogP contribution in [0.1, 0.15) is 42.6 Å². The van der Waals surface area contributed by atoms with E-state index < -0.39 is 21.8 Å². The summed E-state index contributed by atoms with van der Waals surface area (Å²) >= 11 is 0. The van der Waals surface area contributed by atoms with Gasteiger partial charge >= 0.3 is 0 Å². The van der Waals surface area contributed by atoms with Crippen LogP contribution in [0.15, 0.2) is 0 Å². The predicted molar refractivity (Wildman–Crippen MR) is 77.4 cm³/mol. The van der Waals surface area contributed by atoms with Crippen LogP contribution in [-0.4, -0.2) is 58.5 Å². The summed E-state index contributed by atoms with van der Waals surface area (Å²) in [6.07, 6.45) is 5.69. The molecule has 1 fully saturated rings. The molecule has 114 valence electrons. The van der Waals surface area contributed by atoms with Crippen molar-refractivity contribution in [2.75, 3.05) is 18.1 Å². The SMILES string of the molecule is C#CCN(C(=O)c1n[nH]c(C(C)C)n1)C1CCS(=O)(=O)C1. The smallest absolute Gasteiger partial charge is 0.294 e. The number of H-pyrrole nitrogens is 1. The van der Waals surface area contributed by atoms with Crippen LogP contribution in [0.25, 0.3) is 0 Å². The minimum atomic E-state index is -3.09. The summed E-state index contributed by atoms with van der Waals surface area (Å²) in [4.78, 5) is 18.0. The van der Waals surface area contributed by atoms with Gasteiger partial charge in [0.2, 0.25) is 5.82 Å². The van der Waals surface area contributed by atoms with Gasteiger partial charge in [-0.3, -0.25) is 9.89 Å². The van der Waals surface area contributed by atoms with Crippen LogP contribution in [0.4, 0.5) is 0 Å². The predicted octanol–water partition coefficient (Wildman–Crippen LogP) is 0.191. The lowest BCUT2D eigenvalue weighted by molar-refractivity contribution is 0.0712. The van der Waals surface area contributed by atoms with Crippen LogP contribution < -0.4 is 0 Å². The molecule has 1 saturated heterocycles. The van der Waals surface area contributed by atoms with Crippen LogP contribution in [0.2, 0.25) is 0 Å². The van der Waals surface area contributed by atoms with E-state index in [4.69, 9.17) is 6.42 Å². The molecule has 2 rings (SSSR count). The Bertz CT molecular complexity index is 672. The summed E-state index contributed by atoms with van der Waals surface area (Å²) in [6.45, 7) is 3.90. The summed E-state index contributed by atoms with van der Waals surface area (Å²) in [5.41, 5.74) is 0. The first kappa shape index (κ1) is 15.5. The van der Waals surface area contributed by atoms with Crippen LogP contribution in [-0.2, 0) is 9.84 Å². The number of terminal acetylenes is 1. The van der Waals surface area contributed by atoms with E-state index in [1.54, 1.807) is 0 Å². The molecule has 0 aromatic carbocycles. The molecule has 1 aliphatic heterocycles. The van der Waals surface area contributed by atoms with Crippen molar-refractivity contribution in [2.24, 2.45) is 0 Å². The van der Waals surface area contributed by atoms with Crippen LogP contribution in [0.5, 0.6) is 0 Å². The molecule has 2 heterocycles. The van der Waals surface area contributed by atoms with Crippen molar-refractivity contribution in [1.29, 1.82) is 0 Å². The van der Waals surface area contributed by atoms with E-state index in [0.717, 1.165) is 0 Å². The molecule has 7 nitrogen and oxygen atoms in total. The molecule has 1 amide bonds. The Kier molecular flexibility index (Phi) is 4.32. The zero-order valence-corrected chi connectivity index (χ0v) is 12.9. The van der Waals surface area contributed by atoms with E-state index in [2.05, 4.69) is 21.1 Å². The third kappa shape index (κ3) is 3.42. The van der Waals surface area contributed by atoms with Crippen molar-refractivity contribution in [3.63, 3.8) is 0 Å². The summed E-state index contributed by atoms with van der Waals surface area (Å²) in [6, 6.07) is -0.403. The number of aromatic nitrogens is 3. The highest BCUT2D eigenvalue weighted by Gasteiger charge is 2.35. The van der Waals surface area contributed by atoms with Gasteiger partial charge in [0.15, 0.2) is 9.84 Å². The van der Waals surface area contributed by atoms with E-state index in [1.807, 2.05) is 13.8 Å². The molecule has 21 heavy (non-hydrogen) atoms. The van der Waals surface area contributed by atoms with Crippen LogP contribution in [0, 0.1) is 12.3 Å². The molecule has 8 heteroatoms. The van der Waals surface area contributed by atoms with Crippen molar-refractivity contribution in [3.05, 3.63) is 11.6 Å². The van der Waals surface area contributed by atoms with Crippen molar-refractivity contribution in [1.82, 2.24) is 20.1 Å². The maximum Gasteiger partial charge on any atom is 0.294 e. The highest BCUT2D eigenvalue weighted by Crippen LogP contribution is 2.19. The number of hydrogen-bond donors (Lipinski definition) is 1. The number of hydrogen-bond acceptors (Lipinski definition) is 5. The number of carbonyl (C=O) groups is 1. The molecule has 0 saturated carbocycles. The van der Waals surface area contributed by atoms with E-state index in [9.17, 15) is 13.2 Å². The Morgan fingerprint density at radius 1 is 1.57 bits per heavy atom. The minimum absolute atomic E-state index is 0.0262. The Hall–Kier alpha value is -1.88. The normalized spacial score (nSPS) is 20.4. The van der Waals surface area contributed by atoms with E-state index in [1.165, 1.54) is 4.90 Å². The monoisotopic (exact) mass is 310 g/mol. The summed E-state index contributed by atoms with van der Waals surface area (Å²) in [7, 11) is -3.09. The zero-order valence-electron chi connectivity index (χ0n) is 12.0. The Morgan fingerprint density at radius 2 is 2.29 bits per heavy atom. The largest absolute Gasteiger partial charge is 0.321 e. The number of rotatable bonds is 4. The second kappa shape index (κ2) is 5.85. The average molecular weight is 310 g/mol. The van der Waals surface area contributed by atoms with Gasteiger partial charge < -0.3 is 4.90 Å². The van der Waals surface area contributed by atoms with Gasteiger partial charge in [-0.1, -0.05) is 19.8 Å². The lowest BCUT2D eigenvalue weighted by Crippen LogP contribution is -2.41. The van der Waals surface area contributed by atoms with Crippen molar-refractivity contribution < 1.29 is 13.2 Å². The lowest BCUT2D eigenvalue weighted by Gasteiger charge is -2.24. The third-order valence-corrected chi connectivity index (χ3v) is 5.16. The quantitative estimate of drug-likeness (QED) is 0.801. The standard InChI is InChI=1S/C13H18N4O3S/c1-4-6-17(10-5-7-21(19,20)8-10)13(18)12-14-11(9(2)3)15-16-12/h1,9-10H,5-8H2,2-3H3,(H,14,15,16). The zero-order chi connectivity index (χ0) is 15.6. The molecular formula is C13H18N4O3S. The van der Waals surface area contributed by atoms with Gasteiger partial charge in [-0.25, -0.2) is 13.4 Å². The molecule has 0 radical (unpaired) electrons. The van der Waals surface area contributed by atoms with Crippen molar-refractivity contribution in [2.45, 2.75) is 32.2 Å². The first-order valence-corrected chi connectivity index (χ1v) is 8.53. The Balaban J connectivity index is 2.21. The van der Waals surface area contributed by atoms with Gasteiger partial charge in [0.25, 0.3) is 5.91 Å².